The summed E-state index contributed by atoms with van der Waals surface area (Å²) in [6.07, 6.45) is 1.82. The van der Waals surface area contributed by atoms with Gasteiger partial charge < -0.3 is 24.8 Å². The summed E-state index contributed by atoms with van der Waals surface area (Å²) in [5.41, 5.74) is 4.13. The molecular formula is C25H31N5O2. The molecular weight excluding hydrogens is 402 g/mol. The minimum atomic E-state index is -0.0286. The lowest BCUT2D eigenvalue weighted by Crippen LogP contribution is -2.48. The number of rotatable bonds is 5. The van der Waals surface area contributed by atoms with Crippen LogP contribution in [-0.4, -0.2) is 63.4 Å². The number of amides is 2. The fourth-order valence-corrected chi connectivity index (χ4v) is 4.29. The van der Waals surface area contributed by atoms with Gasteiger partial charge in [-0.3, -0.25) is 0 Å². The zero-order valence-corrected chi connectivity index (χ0v) is 18.7. The Hall–Kier alpha value is -3.24. The molecule has 2 amide bonds. The maximum absolute atomic E-state index is 12.7. The number of morpholine rings is 1. The van der Waals surface area contributed by atoms with Crippen LogP contribution in [0.2, 0.25) is 0 Å². The zero-order chi connectivity index (χ0) is 22.3. The highest BCUT2D eigenvalue weighted by atomic mass is 16.5. The van der Waals surface area contributed by atoms with E-state index in [-0.39, 0.29) is 12.1 Å². The van der Waals surface area contributed by atoms with Crippen molar-refractivity contribution in [2.75, 3.05) is 56.2 Å². The van der Waals surface area contributed by atoms with Crippen molar-refractivity contribution in [2.45, 2.75) is 25.4 Å². The molecule has 2 aliphatic rings. The molecule has 7 heteroatoms. The van der Waals surface area contributed by atoms with Crippen molar-refractivity contribution in [3.05, 3.63) is 59.7 Å². The van der Waals surface area contributed by atoms with Gasteiger partial charge in [-0.25, -0.2) is 4.79 Å². The van der Waals surface area contributed by atoms with Gasteiger partial charge in [0, 0.05) is 57.2 Å². The van der Waals surface area contributed by atoms with Crippen LogP contribution in [-0.2, 0) is 11.3 Å². The first-order valence-electron chi connectivity index (χ1n) is 11.3. The van der Waals surface area contributed by atoms with Gasteiger partial charge in [0.25, 0.3) is 0 Å². The van der Waals surface area contributed by atoms with Crippen LogP contribution < -0.4 is 15.1 Å². The normalized spacial score (nSPS) is 17.0. The van der Waals surface area contributed by atoms with Crippen LogP contribution in [0.25, 0.3) is 0 Å². The van der Waals surface area contributed by atoms with Crippen LogP contribution in [0, 0.1) is 11.3 Å². The summed E-state index contributed by atoms with van der Waals surface area (Å²) in [6, 6.07) is 18.5. The molecule has 0 spiro atoms. The number of hydrogen-bond acceptors (Lipinski definition) is 5. The van der Waals surface area contributed by atoms with Crippen molar-refractivity contribution in [1.82, 2.24) is 10.2 Å². The van der Waals surface area contributed by atoms with Crippen molar-refractivity contribution < 1.29 is 9.53 Å². The number of nitrogens with zero attached hydrogens (tertiary/aromatic N) is 4. The van der Waals surface area contributed by atoms with Gasteiger partial charge in [-0.1, -0.05) is 12.1 Å². The quantitative estimate of drug-likeness (QED) is 0.784. The Morgan fingerprint density at radius 1 is 1.00 bits per heavy atom. The molecule has 2 saturated heterocycles. The molecule has 0 bridgehead atoms. The van der Waals surface area contributed by atoms with Gasteiger partial charge in [0.05, 0.1) is 24.8 Å². The van der Waals surface area contributed by atoms with E-state index in [0.29, 0.717) is 12.1 Å². The van der Waals surface area contributed by atoms with Gasteiger partial charge in [-0.2, -0.15) is 5.26 Å². The molecule has 4 rings (SSSR count). The number of piperidine rings is 1. The molecule has 0 atom stereocenters. The molecule has 0 unspecified atom stereocenters. The second-order valence-corrected chi connectivity index (χ2v) is 8.49. The van der Waals surface area contributed by atoms with Crippen molar-refractivity contribution in [2.24, 2.45) is 0 Å². The predicted molar refractivity (Wildman–Crippen MR) is 126 cm³/mol. The zero-order valence-electron chi connectivity index (χ0n) is 18.7. The standard InChI is InChI=1S/C25H31N5O2/c1-28(19-21-4-8-24(9-5-21)30-14-16-32-17-15-30)25(31)27-22-10-12-29(13-11-22)23-6-2-20(18-26)3-7-23/h2-9,22H,10-17,19H2,1H3,(H,27,31). The van der Waals surface area contributed by atoms with Crippen molar-refractivity contribution in [3.63, 3.8) is 0 Å². The average molecular weight is 434 g/mol. The third-order valence-electron chi connectivity index (χ3n) is 6.26. The first-order chi connectivity index (χ1) is 15.6. The van der Waals surface area contributed by atoms with E-state index in [1.807, 2.05) is 31.3 Å². The van der Waals surface area contributed by atoms with E-state index >= 15 is 0 Å². The van der Waals surface area contributed by atoms with E-state index in [0.717, 1.165) is 63.5 Å². The molecule has 2 fully saturated rings. The van der Waals surface area contributed by atoms with Crippen LogP contribution in [0.4, 0.5) is 16.2 Å². The molecule has 168 valence electrons. The summed E-state index contributed by atoms with van der Waals surface area (Å²) in [5.74, 6) is 0. The van der Waals surface area contributed by atoms with E-state index in [9.17, 15) is 4.79 Å². The molecule has 0 radical (unpaired) electrons. The third kappa shape index (κ3) is 5.51. The molecule has 2 heterocycles. The molecule has 0 saturated carbocycles. The first kappa shape index (κ1) is 22.0. The van der Waals surface area contributed by atoms with E-state index in [4.69, 9.17) is 10.00 Å². The molecule has 0 aromatic heterocycles. The van der Waals surface area contributed by atoms with E-state index in [2.05, 4.69) is 45.5 Å². The fraction of sp³-hybridized carbons (Fsp3) is 0.440. The monoisotopic (exact) mass is 433 g/mol. The number of urea groups is 1. The Bertz CT molecular complexity index is 924. The molecule has 1 N–H and O–H groups in total. The number of benzene rings is 2. The number of ether oxygens (including phenoxy) is 1. The number of nitriles is 1. The molecule has 2 aromatic carbocycles. The van der Waals surface area contributed by atoms with Gasteiger partial charge in [0.1, 0.15) is 0 Å². The van der Waals surface area contributed by atoms with Gasteiger partial charge in [-0.15, -0.1) is 0 Å². The fourth-order valence-electron chi connectivity index (χ4n) is 4.29. The molecule has 7 nitrogen and oxygen atoms in total. The minimum Gasteiger partial charge on any atom is -0.378 e. The van der Waals surface area contributed by atoms with Gasteiger partial charge in [0.2, 0.25) is 0 Å². The van der Waals surface area contributed by atoms with Crippen molar-refractivity contribution in [3.8, 4) is 6.07 Å². The average Bonchev–Trinajstić information content (AvgIpc) is 2.85. The SMILES string of the molecule is CN(Cc1ccc(N2CCOCC2)cc1)C(=O)NC1CCN(c2ccc(C#N)cc2)CC1. The third-order valence-corrected chi connectivity index (χ3v) is 6.26. The second kappa shape index (κ2) is 10.4. The highest BCUT2D eigenvalue weighted by Gasteiger charge is 2.22. The topological polar surface area (TPSA) is 71.8 Å². The van der Waals surface area contributed by atoms with E-state index < -0.39 is 0 Å². The summed E-state index contributed by atoms with van der Waals surface area (Å²) in [4.78, 5) is 19.1. The summed E-state index contributed by atoms with van der Waals surface area (Å²) < 4.78 is 5.42. The van der Waals surface area contributed by atoms with E-state index in [1.54, 1.807) is 4.90 Å². The summed E-state index contributed by atoms with van der Waals surface area (Å²) >= 11 is 0. The Morgan fingerprint density at radius 2 is 1.56 bits per heavy atom. The second-order valence-electron chi connectivity index (χ2n) is 8.49. The van der Waals surface area contributed by atoms with Gasteiger partial charge in [0.15, 0.2) is 0 Å². The Morgan fingerprint density at radius 3 is 2.16 bits per heavy atom. The van der Waals surface area contributed by atoms with Crippen molar-refractivity contribution >= 4 is 17.4 Å². The van der Waals surface area contributed by atoms with Crippen LogP contribution >= 0.6 is 0 Å². The van der Waals surface area contributed by atoms with Crippen LogP contribution in [0.1, 0.15) is 24.0 Å². The number of nitrogens with one attached hydrogen (secondary N) is 1. The molecule has 2 aromatic rings. The Balaban J connectivity index is 1.23. The lowest BCUT2D eigenvalue weighted by molar-refractivity contribution is 0.122. The lowest BCUT2D eigenvalue weighted by atomic mass is 10.0. The smallest absolute Gasteiger partial charge is 0.317 e. The summed E-state index contributed by atoms with van der Waals surface area (Å²) in [6.45, 7) is 5.76. The lowest BCUT2D eigenvalue weighted by Gasteiger charge is -2.34. The van der Waals surface area contributed by atoms with Crippen LogP contribution in [0.3, 0.4) is 0 Å². The molecule has 2 aliphatic heterocycles. The van der Waals surface area contributed by atoms with E-state index in [1.165, 1.54) is 5.69 Å². The minimum absolute atomic E-state index is 0.0286. The maximum Gasteiger partial charge on any atom is 0.317 e. The first-order valence-corrected chi connectivity index (χ1v) is 11.3. The summed E-state index contributed by atoms with van der Waals surface area (Å²) in [7, 11) is 1.84. The highest BCUT2D eigenvalue weighted by molar-refractivity contribution is 5.74. The number of carbonyl (C=O) groups is 1. The number of hydrogen-bond donors (Lipinski definition) is 1. The predicted octanol–water partition coefficient (Wildman–Crippen LogP) is 3.21. The maximum atomic E-state index is 12.7. The van der Waals surface area contributed by atoms with Gasteiger partial charge in [-0.05, 0) is 54.8 Å². The highest BCUT2D eigenvalue weighted by Crippen LogP contribution is 2.21. The van der Waals surface area contributed by atoms with Crippen LogP contribution in [0.15, 0.2) is 48.5 Å². The number of anilines is 2. The van der Waals surface area contributed by atoms with Gasteiger partial charge >= 0.3 is 6.03 Å². The molecule has 0 aliphatic carbocycles. The Kier molecular flexibility index (Phi) is 7.13. The van der Waals surface area contributed by atoms with Crippen molar-refractivity contribution in [1.29, 1.82) is 5.26 Å². The number of carbonyl (C=O) groups excluding carboxylic acids is 1. The van der Waals surface area contributed by atoms with Crippen LogP contribution in [0.5, 0.6) is 0 Å². The summed E-state index contributed by atoms with van der Waals surface area (Å²) in [5, 5.41) is 12.1. The Labute approximate surface area is 190 Å². The molecule has 32 heavy (non-hydrogen) atoms. The largest absolute Gasteiger partial charge is 0.378 e.